The minimum absolute atomic E-state index is 0.0254. The molecule has 8 heteroatoms. The monoisotopic (exact) mass is 284 g/mol. The van der Waals surface area contributed by atoms with Crippen molar-refractivity contribution in [3.8, 4) is 0 Å². The lowest BCUT2D eigenvalue weighted by molar-refractivity contribution is -0.127. The Morgan fingerprint density at radius 1 is 1.47 bits per heavy atom. The van der Waals surface area contributed by atoms with Gasteiger partial charge in [-0.05, 0) is 12.1 Å². The number of nitrogens with one attached hydrogen (secondary N) is 1. The van der Waals surface area contributed by atoms with E-state index >= 15 is 0 Å². The summed E-state index contributed by atoms with van der Waals surface area (Å²) in [7, 11) is -3.64. The van der Waals surface area contributed by atoms with Crippen molar-refractivity contribution in [2.45, 2.75) is 11.7 Å². The highest BCUT2D eigenvalue weighted by Crippen LogP contribution is 2.15. The van der Waals surface area contributed by atoms with Crippen LogP contribution >= 0.6 is 0 Å². The van der Waals surface area contributed by atoms with Crippen molar-refractivity contribution in [3.63, 3.8) is 0 Å². The maximum atomic E-state index is 11.6. The molecule has 104 valence electrons. The summed E-state index contributed by atoms with van der Waals surface area (Å²) in [5.74, 6) is 0.541. The molecule has 1 unspecified atom stereocenters. The molecular formula is C11H16N4O3S. The first-order valence-corrected chi connectivity index (χ1v) is 7.52. The zero-order chi connectivity index (χ0) is 13.9. The molecule has 0 saturated carbocycles. The number of anilines is 1. The molecule has 2 rings (SSSR count). The van der Waals surface area contributed by atoms with Crippen LogP contribution in [0.25, 0.3) is 0 Å². The van der Waals surface area contributed by atoms with Gasteiger partial charge in [0, 0.05) is 32.3 Å². The zero-order valence-electron chi connectivity index (χ0n) is 10.3. The lowest BCUT2D eigenvalue weighted by Crippen LogP contribution is -2.34. The Balaban J connectivity index is 1.83. The van der Waals surface area contributed by atoms with Gasteiger partial charge in [0.1, 0.15) is 11.1 Å². The van der Waals surface area contributed by atoms with Crippen LogP contribution in [0.4, 0.5) is 5.82 Å². The summed E-state index contributed by atoms with van der Waals surface area (Å²) in [5, 5.41) is 7.33. The summed E-state index contributed by atoms with van der Waals surface area (Å²) in [4.78, 5) is 17.2. The van der Waals surface area contributed by atoms with Gasteiger partial charge in [0.05, 0.1) is 0 Å². The van der Waals surface area contributed by atoms with E-state index in [0.29, 0.717) is 13.1 Å². The van der Waals surface area contributed by atoms with E-state index in [9.17, 15) is 13.2 Å². The first-order valence-electron chi connectivity index (χ1n) is 5.91. The number of hydrogen-bond donors (Lipinski definition) is 2. The number of amides is 1. The average molecular weight is 284 g/mol. The van der Waals surface area contributed by atoms with Crippen LogP contribution in [0.3, 0.4) is 0 Å². The van der Waals surface area contributed by atoms with Gasteiger partial charge in [0.15, 0.2) is 0 Å². The van der Waals surface area contributed by atoms with E-state index in [1.807, 2.05) is 18.2 Å². The van der Waals surface area contributed by atoms with Crippen molar-refractivity contribution in [1.82, 2.24) is 9.88 Å². The van der Waals surface area contributed by atoms with Gasteiger partial charge in [-0.2, -0.15) is 0 Å². The van der Waals surface area contributed by atoms with Gasteiger partial charge in [-0.1, -0.05) is 6.07 Å². The quantitative estimate of drug-likeness (QED) is 0.750. The van der Waals surface area contributed by atoms with Crippen LogP contribution in [0.1, 0.15) is 6.42 Å². The van der Waals surface area contributed by atoms with E-state index in [0.717, 1.165) is 5.82 Å². The second kappa shape index (κ2) is 5.54. The fourth-order valence-electron chi connectivity index (χ4n) is 1.96. The van der Waals surface area contributed by atoms with Gasteiger partial charge in [-0.3, -0.25) is 4.79 Å². The number of nitrogens with two attached hydrogens (primary N) is 1. The third-order valence-electron chi connectivity index (χ3n) is 3.00. The number of sulfonamides is 1. The van der Waals surface area contributed by atoms with E-state index in [1.165, 1.54) is 4.90 Å². The third kappa shape index (κ3) is 3.65. The first kappa shape index (κ1) is 13.8. The molecule has 0 aromatic carbocycles. The van der Waals surface area contributed by atoms with E-state index in [2.05, 4.69) is 10.3 Å². The van der Waals surface area contributed by atoms with E-state index in [-0.39, 0.29) is 18.9 Å². The smallest absolute Gasteiger partial charge is 0.224 e. The number of likely N-dealkylation sites (tertiary alicyclic amines) is 1. The molecule has 0 bridgehead atoms. The molecule has 1 atom stereocenters. The minimum Gasteiger partial charge on any atom is -0.368 e. The van der Waals surface area contributed by atoms with Gasteiger partial charge in [0.2, 0.25) is 15.9 Å². The van der Waals surface area contributed by atoms with Crippen molar-refractivity contribution < 1.29 is 13.2 Å². The number of aromatic nitrogens is 1. The molecule has 1 aromatic rings. The van der Waals surface area contributed by atoms with Crippen molar-refractivity contribution in [2.24, 2.45) is 5.14 Å². The van der Waals surface area contributed by atoms with Crippen LogP contribution in [0, 0.1) is 0 Å². The molecule has 1 saturated heterocycles. The minimum atomic E-state index is -3.64. The lowest BCUT2D eigenvalue weighted by Gasteiger charge is -2.16. The Hall–Kier alpha value is -1.67. The summed E-state index contributed by atoms with van der Waals surface area (Å²) < 4.78 is 22.4. The maximum absolute atomic E-state index is 11.6. The van der Waals surface area contributed by atoms with Gasteiger partial charge in [-0.25, -0.2) is 18.5 Å². The second-order valence-corrected chi connectivity index (χ2v) is 6.24. The van der Waals surface area contributed by atoms with Crippen LogP contribution in [0.5, 0.6) is 0 Å². The zero-order valence-corrected chi connectivity index (χ0v) is 11.1. The molecule has 19 heavy (non-hydrogen) atoms. The van der Waals surface area contributed by atoms with Crippen LogP contribution < -0.4 is 10.5 Å². The standard InChI is InChI=1S/C11H16N4O3S/c12-19(17,18)9-7-11(16)15(8-9)6-5-14-10-3-1-2-4-13-10/h1-4,9H,5-8H2,(H,13,14)(H2,12,17,18). The van der Waals surface area contributed by atoms with E-state index in [4.69, 9.17) is 5.14 Å². The summed E-state index contributed by atoms with van der Waals surface area (Å²) >= 11 is 0. The number of hydrogen-bond acceptors (Lipinski definition) is 5. The number of carbonyl (C=O) groups is 1. The first-order chi connectivity index (χ1) is 8.97. The van der Waals surface area contributed by atoms with Crippen molar-refractivity contribution in [1.29, 1.82) is 0 Å². The molecule has 0 aliphatic carbocycles. The Kier molecular flexibility index (Phi) is 4.01. The van der Waals surface area contributed by atoms with Gasteiger partial charge >= 0.3 is 0 Å². The van der Waals surface area contributed by atoms with Crippen molar-refractivity contribution >= 4 is 21.7 Å². The maximum Gasteiger partial charge on any atom is 0.224 e. The Morgan fingerprint density at radius 2 is 2.26 bits per heavy atom. The highest BCUT2D eigenvalue weighted by atomic mass is 32.2. The predicted molar refractivity (Wildman–Crippen MR) is 70.8 cm³/mol. The second-order valence-electron chi connectivity index (χ2n) is 4.40. The molecule has 1 aliphatic heterocycles. The van der Waals surface area contributed by atoms with Crippen LogP contribution in [0.2, 0.25) is 0 Å². The lowest BCUT2D eigenvalue weighted by atomic mass is 10.4. The Morgan fingerprint density at radius 3 is 2.84 bits per heavy atom. The Labute approximate surface area is 111 Å². The molecule has 7 nitrogen and oxygen atoms in total. The molecule has 1 fully saturated rings. The molecular weight excluding hydrogens is 268 g/mol. The van der Waals surface area contributed by atoms with Crippen LogP contribution in [-0.4, -0.2) is 49.1 Å². The highest BCUT2D eigenvalue weighted by Gasteiger charge is 2.35. The average Bonchev–Trinajstić information content (AvgIpc) is 2.72. The van der Waals surface area contributed by atoms with Crippen molar-refractivity contribution in [2.75, 3.05) is 25.0 Å². The molecule has 0 spiro atoms. The summed E-state index contributed by atoms with van der Waals surface area (Å²) in [6, 6.07) is 5.48. The number of nitrogens with zero attached hydrogens (tertiary/aromatic N) is 2. The Bertz CT molecular complexity index is 546. The highest BCUT2D eigenvalue weighted by molar-refractivity contribution is 7.89. The summed E-state index contributed by atoms with van der Waals surface area (Å²) in [6.45, 7) is 1.11. The number of primary sulfonamides is 1. The number of carbonyl (C=O) groups excluding carboxylic acids is 1. The third-order valence-corrected chi connectivity index (χ3v) is 4.24. The molecule has 1 amide bonds. The van der Waals surface area contributed by atoms with Gasteiger partial charge in [0.25, 0.3) is 0 Å². The summed E-state index contributed by atoms with van der Waals surface area (Å²) in [6.07, 6.45) is 1.64. The van der Waals surface area contributed by atoms with E-state index in [1.54, 1.807) is 6.20 Å². The fourth-order valence-corrected chi connectivity index (χ4v) is 2.72. The molecule has 1 aliphatic rings. The predicted octanol–water partition coefficient (Wildman–Crippen LogP) is -0.617. The van der Waals surface area contributed by atoms with Gasteiger partial charge < -0.3 is 10.2 Å². The number of rotatable bonds is 5. The molecule has 2 heterocycles. The topological polar surface area (TPSA) is 105 Å². The van der Waals surface area contributed by atoms with Crippen LogP contribution in [-0.2, 0) is 14.8 Å². The largest absolute Gasteiger partial charge is 0.368 e. The molecule has 3 N–H and O–H groups in total. The van der Waals surface area contributed by atoms with E-state index < -0.39 is 15.3 Å². The molecule has 0 radical (unpaired) electrons. The van der Waals surface area contributed by atoms with Crippen LogP contribution in [0.15, 0.2) is 24.4 Å². The SMILES string of the molecule is NS(=O)(=O)C1CC(=O)N(CCNc2ccccn2)C1. The van der Waals surface area contributed by atoms with Crippen molar-refractivity contribution in [3.05, 3.63) is 24.4 Å². The summed E-state index contributed by atoms with van der Waals surface area (Å²) in [5.41, 5.74) is 0. The normalized spacial score (nSPS) is 19.7. The number of pyridine rings is 1. The molecule has 1 aromatic heterocycles. The van der Waals surface area contributed by atoms with Gasteiger partial charge in [-0.15, -0.1) is 0 Å². The fraction of sp³-hybridized carbons (Fsp3) is 0.455.